The molecule has 0 radical (unpaired) electrons. The van der Waals surface area contributed by atoms with E-state index in [9.17, 15) is 4.79 Å². The molecule has 1 aromatic carbocycles. The molecule has 1 fully saturated rings. The van der Waals surface area contributed by atoms with Gasteiger partial charge in [-0.25, -0.2) is 4.98 Å². The quantitative estimate of drug-likeness (QED) is 0.889. The fourth-order valence-electron chi connectivity index (χ4n) is 2.93. The van der Waals surface area contributed by atoms with Crippen molar-refractivity contribution in [3.8, 4) is 0 Å². The third-order valence-corrected chi connectivity index (χ3v) is 4.26. The standard InChI is InChI=1S/C18H22N4O/c19-18(23)15-4-3-11-22(13-15)16-8-6-14(7-9-16)12-21-17-5-1-2-10-20-17/h1-2,5-10,15H,3-4,11-13H2,(H2,19,23)(H,20,21)/t15-/m0/s1. The van der Waals surface area contributed by atoms with Crippen molar-refractivity contribution in [2.45, 2.75) is 19.4 Å². The maximum absolute atomic E-state index is 11.4. The molecule has 1 atom stereocenters. The van der Waals surface area contributed by atoms with Crippen LogP contribution < -0.4 is 16.0 Å². The van der Waals surface area contributed by atoms with Gasteiger partial charge in [-0.05, 0) is 42.7 Å². The lowest BCUT2D eigenvalue weighted by Crippen LogP contribution is -2.41. The highest BCUT2D eigenvalue weighted by Crippen LogP contribution is 2.23. The second-order valence-electron chi connectivity index (χ2n) is 5.92. The topological polar surface area (TPSA) is 71.2 Å². The summed E-state index contributed by atoms with van der Waals surface area (Å²) in [7, 11) is 0. The summed E-state index contributed by atoms with van der Waals surface area (Å²) in [5.41, 5.74) is 7.79. The minimum absolute atomic E-state index is 0.0331. The third-order valence-electron chi connectivity index (χ3n) is 4.26. The van der Waals surface area contributed by atoms with Crippen LogP contribution >= 0.6 is 0 Å². The molecule has 1 aromatic heterocycles. The van der Waals surface area contributed by atoms with Crippen molar-refractivity contribution < 1.29 is 4.79 Å². The molecule has 23 heavy (non-hydrogen) atoms. The number of carbonyl (C=O) groups excluding carboxylic acids is 1. The lowest BCUT2D eigenvalue weighted by atomic mass is 9.97. The maximum atomic E-state index is 11.4. The summed E-state index contributed by atoms with van der Waals surface area (Å²) in [4.78, 5) is 17.9. The maximum Gasteiger partial charge on any atom is 0.222 e. The SMILES string of the molecule is NC(=O)[C@H]1CCCN(c2ccc(CNc3ccccn3)cc2)C1. The van der Waals surface area contributed by atoms with Crippen LogP contribution in [0.25, 0.3) is 0 Å². The average Bonchev–Trinajstić information content (AvgIpc) is 2.61. The van der Waals surface area contributed by atoms with E-state index in [-0.39, 0.29) is 11.8 Å². The van der Waals surface area contributed by atoms with Crippen LogP contribution in [0.5, 0.6) is 0 Å². The van der Waals surface area contributed by atoms with Gasteiger partial charge in [-0.15, -0.1) is 0 Å². The molecule has 0 saturated carbocycles. The number of aromatic nitrogens is 1. The van der Waals surface area contributed by atoms with Gasteiger partial charge in [0.15, 0.2) is 0 Å². The number of nitrogens with one attached hydrogen (secondary N) is 1. The smallest absolute Gasteiger partial charge is 0.222 e. The Kier molecular flexibility index (Phi) is 4.76. The molecule has 1 saturated heterocycles. The van der Waals surface area contributed by atoms with Crippen molar-refractivity contribution in [1.82, 2.24) is 4.98 Å². The second kappa shape index (κ2) is 7.13. The van der Waals surface area contributed by atoms with Crippen molar-refractivity contribution >= 4 is 17.4 Å². The molecule has 0 unspecified atom stereocenters. The fraction of sp³-hybridized carbons (Fsp3) is 0.333. The first-order valence-electron chi connectivity index (χ1n) is 8.00. The highest BCUT2D eigenvalue weighted by atomic mass is 16.1. The zero-order chi connectivity index (χ0) is 16.1. The fourth-order valence-corrected chi connectivity index (χ4v) is 2.93. The van der Waals surface area contributed by atoms with Gasteiger partial charge in [-0.3, -0.25) is 4.79 Å². The highest BCUT2D eigenvalue weighted by molar-refractivity contribution is 5.77. The number of benzene rings is 1. The van der Waals surface area contributed by atoms with Gasteiger partial charge in [0.1, 0.15) is 5.82 Å². The Morgan fingerprint density at radius 2 is 2.09 bits per heavy atom. The number of nitrogens with zero attached hydrogens (tertiary/aromatic N) is 2. The number of piperidine rings is 1. The number of nitrogens with two attached hydrogens (primary N) is 1. The molecule has 5 heteroatoms. The van der Waals surface area contributed by atoms with E-state index in [4.69, 9.17) is 5.73 Å². The van der Waals surface area contributed by atoms with Gasteiger partial charge in [0.2, 0.25) is 5.91 Å². The summed E-state index contributed by atoms with van der Waals surface area (Å²) in [5, 5.41) is 3.30. The molecule has 2 heterocycles. The van der Waals surface area contributed by atoms with Gasteiger partial charge in [0.05, 0.1) is 5.92 Å². The molecule has 120 valence electrons. The number of carbonyl (C=O) groups is 1. The number of primary amides is 1. The monoisotopic (exact) mass is 310 g/mol. The summed E-state index contributed by atoms with van der Waals surface area (Å²) >= 11 is 0. The molecule has 0 bridgehead atoms. The van der Waals surface area contributed by atoms with Crippen LogP contribution in [0, 0.1) is 5.92 Å². The number of anilines is 2. The van der Waals surface area contributed by atoms with Gasteiger partial charge in [-0.2, -0.15) is 0 Å². The molecule has 1 aliphatic rings. The Hall–Kier alpha value is -2.56. The van der Waals surface area contributed by atoms with Crippen LogP contribution in [0.3, 0.4) is 0 Å². The molecule has 2 aromatic rings. The van der Waals surface area contributed by atoms with Crippen LogP contribution in [0.1, 0.15) is 18.4 Å². The van der Waals surface area contributed by atoms with Gasteiger partial charge < -0.3 is 16.0 Å². The van der Waals surface area contributed by atoms with E-state index in [0.717, 1.165) is 44.0 Å². The molecule has 1 amide bonds. The van der Waals surface area contributed by atoms with E-state index in [1.54, 1.807) is 6.20 Å². The van der Waals surface area contributed by atoms with Gasteiger partial charge >= 0.3 is 0 Å². The lowest BCUT2D eigenvalue weighted by Gasteiger charge is -2.33. The Morgan fingerprint density at radius 1 is 1.26 bits per heavy atom. The Morgan fingerprint density at radius 3 is 2.78 bits per heavy atom. The van der Waals surface area contributed by atoms with Crippen molar-refractivity contribution in [1.29, 1.82) is 0 Å². The van der Waals surface area contributed by atoms with Crippen LogP contribution in [0.4, 0.5) is 11.5 Å². The number of pyridine rings is 1. The zero-order valence-electron chi connectivity index (χ0n) is 13.1. The number of rotatable bonds is 5. The summed E-state index contributed by atoms with van der Waals surface area (Å²) in [6.45, 7) is 2.44. The first-order valence-corrected chi connectivity index (χ1v) is 8.00. The summed E-state index contributed by atoms with van der Waals surface area (Å²) in [6, 6.07) is 14.3. The van der Waals surface area contributed by atoms with Crippen molar-refractivity contribution in [2.75, 3.05) is 23.3 Å². The predicted octanol–water partition coefficient (Wildman–Crippen LogP) is 2.40. The van der Waals surface area contributed by atoms with Crippen molar-refractivity contribution in [3.63, 3.8) is 0 Å². The van der Waals surface area contributed by atoms with Crippen molar-refractivity contribution in [3.05, 3.63) is 54.2 Å². The van der Waals surface area contributed by atoms with Crippen molar-refractivity contribution in [2.24, 2.45) is 11.7 Å². The number of hydrogen-bond acceptors (Lipinski definition) is 4. The van der Waals surface area contributed by atoms with E-state index < -0.39 is 0 Å². The van der Waals surface area contributed by atoms with Gasteiger partial charge in [0.25, 0.3) is 0 Å². The Balaban J connectivity index is 1.59. The van der Waals surface area contributed by atoms with Gasteiger partial charge in [0, 0.05) is 31.5 Å². The van der Waals surface area contributed by atoms with Crippen LogP contribution in [0.2, 0.25) is 0 Å². The molecule has 0 aliphatic carbocycles. The summed E-state index contributed by atoms with van der Waals surface area (Å²) in [5.74, 6) is 0.650. The summed E-state index contributed by atoms with van der Waals surface area (Å²) in [6.07, 6.45) is 3.69. The zero-order valence-corrected chi connectivity index (χ0v) is 13.1. The van der Waals surface area contributed by atoms with Gasteiger partial charge in [-0.1, -0.05) is 18.2 Å². The minimum atomic E-state index is -0.189. The van der Waals surface area contributed by atoms with Crippen LogP contribution in [0.15, 0.2) is 48.7 Å². The number of hydrogen-bond donors (Lipinski definition) is 2. The largest absolute Gasteiger partial charge is 0.371 e. The van der Waals surface area contributed by atoms with Crippen LogP contribution in [-0.2, 0) is 11.3 Å². The van der Waals surface area contributed by atoms with E-state index in [1.807, 2.05) is 18.2 Å². The minimum Gasteiger partial charge on any atom is -0.371 e. The lowest BCUT2D eigenvalue weighted by molar-refractivity contribution is -0.122. The Labute approximate surface area is 136 Å². The van der Waals surface area contributed by atoms with E-state index in [0.29, 0.717) is 0 Å². The number of amides is 1. The molecular weight excluding hydrogens is 288 g/mol. The normalized spacial score (nSPS) is 17.7. The molecule has 1 aliphatic heterocycles. The highest BCUT2D eigenvalue weighted by Gasteiger charge is 2.23. The van der Waals surface area contributed by atoms with E-state index in [2.05, 4.69) is 39.5 Å². The predicted molar refractivity (Wildman–Crippen MR) is 92.1 cm³/mol. The first-order chi connectivity index (χ1) is 11.2. The molecule has 3 rings (SSSR count). The average molecular weight is 310 g/mol. The Bertz CT molecular complexity index is 642. The molecular formula is C18H22N4O. The second-order valence-corrected chi connectivity index (χ2v) is 5.92. The summed E-state index contributed by atoms with van der Waals surface area (Å²) < 4.78 is 0. The van der Waals surface area contributed by atoms with Crippen LogP contribution in [-0.4, -0.2) is 24.0 Å². The molecule has 3 N–H and O–H groups in total. The van der Waals surface area contributed by atoms with E-state index >= 15 is 0 Å². The molecule has 5 nitrogen and oxygen atoms in total. The third kappa shape index (κ3) is 4.00. The molecule has 0 spiro atoms. The first kappa shape index (κ1) is 15.3. The van der Waals surface area contributed by atoms with E-state index in [1.165, 1.54) is 5.56 Å².